The van der Waals surface area contributed by atoms with Gasteiger partial charge in [0.15, 0.2) is 0 Å². The first-order chi connectivity index (χ1) is 8.52. The Morgan fingerprint density at radius 2 is 2.33 bits per heavy atom. The van der Waals surface area contributed by atoms with Gasteiger partial charge in [-0.05, 0) is 37.0 Å². The van der Waals surface area contributed by atoms with Gasteiger partial charge >= 0.3 is 0 Å². The summed E-state index contributed by atoms with van der Waals surface area (Å²) in [6, 6.07) is 4.70. The molecule has 100 valence electrons. The van der Waals surface area contributed by atoms with E-state index in [9.17, 15) is 9.50 Å². The number of aliphatic hydroxyl groups is 1. The van der Waals surface area contributed by atoms with Crippen molar-refractivity contribution in [3.8, 4) is 0 Å². The molecule has 2 nitrogen and oxygen atoms in total. The topological polar surface area (TPSA) is 29.5 Å². The fourth-order valence-corrected chi connectivity index (χ4v) is 2.80. The lowest BCUT2D eigenvalue weighted by Crippen LogP contribution is -2.40. The normalized spacial score (nSPS) is 28.3. The van der Waals surface area contributed by atoms with Crippen LogP contribution in [0.4, 0.5) is 4.39 Å². The third-order valence-corrected chi connectivity index (χ3v) is 3.93. The zero-order chi connectivity index (χ0) is 13.2. The molecule has 1 aliphatic carbocycles. The van der Waals surface area contributed by atoms with Crippen LogP contribution >= 0.6 is 11.6 Å². The van der Waals surface area contributed by atoms with Gasteiger partial charge in [-0.15, -0.1) is 0 Å². The number of methoxy groups -OCH3 is 1. The van der Waals surface area contributed by atoms with Crippen molar-refractivity contribution in [1.29, 1.82) is 0 Å². The lowest BCUT2D eigenvalue weighted by molar-refractivity contribution is -0.0581. The molecule has 0 aliphatic heterocycles. The van der Waals surface area contributed by atoms with Crippen molar-refractivity contribution in [1.82, 2.24) is 0 Å². The SMILES string of the molecule is COC1CCCC(O)(Cc2ccc(Cl)c(F)c2)C1. The van der Waals surface area contributed by atoms with Gasteiger partial charge in [0.2, 0.25) is 0 Å². The summed E-state index contributed by atoms with van der Waals surface area (Å²) in [6.07, 6.45) is 3.80. The molecular weight excluding hydrogens is 255 g/mol. The smallest absolute Gasteiger partial charge is 0.142 e. The minimum Gasteiger partial charge on any atom is -0.389 e. The molecule has 0 aromatic heterocycles. The molecule has 0 saturated heterocycles. The van der Waals surface area contributed by atoms with Gasteiger partial charge in [0.05, 0.1) is 16.7 Å². The van der Waals surface area contributed by atoms with Crippen LogP contribution < -0.4 is 0 Å². The number of benzene rings is 1. The number of rotatable bonds is 3. The Balaban J connectivity index is 2.09. The van der Waals surface area contributed by atoms with Crippen LogP contribution in [0.15, 0.2) is 18.2 Å². The highest BCUT2D eigenvalue weighted by Crippen LogP contribution is 2.33. The van der Waals surface area contributed by atoms with Crippen LogP contribution in [-0.4, -0.2) is 23.9 Å². The molecule has 1 N–H and O–H groups in total. The first-order valence-electron chi connectivity index (χ1n) is 6.21. The van der Waals surface area contributed by atoms with Crippen molar-refractivity contribution >= 4 is 11.6 Å². The molecular formula is C14H18ClFO2. The third kappa shape index (κ3) is 3.22. The molecule has 18 heavy (non-hydrogen) atoms. The molecule has 0 spiro atoms. The predicted octanol–water partition coefficient (Wildman–Crippen LogP) is 3.34. The highest BCUT2D eigenvalue weighted by atomic mass is 35.5. The summed E-state index contributed by atoms with van der Waals surface area (Å²) in [5.41, 5.74) is -0.0182. The highest BCUT2D eigenvalue weighted by molar-refractivity contribution is 6.30. The molecule has 1 saturated carbocycles. The van der Waals surface area contributed by atoms with Crippen molar-refractivity contribution in [2.75, 3.05) is 7.11 Å². The van der Waals surface area contributed by atoms with Gasteiger partial charge in [-0.3, -0.25) is 0 Å². The standard InChI is InChI=1S/C14H18ClFO2/c1-18-11-3-2-6-14(17,9-11)8-10-4-5-12(15)13(16)7-10/h4-5,7,11,17H,2-3,6,8-9H2,1H3. The molecule has 4 heteroatoms. The van der Waals surface area contributed by atoms with E-state index in [4.69, 9.17) is 16.3 Å². The van der Waals surface area contributed by atoms with E-state index in [1.54, 1.807) is 13.2 Å². The third-order valence-electron chi connectivity index (χ3n) is 3.63. The van der Waals surface area contributed by atoms with Crippen LogP contribution in [0.5, 0.6) is 0 Å². The second-order valence-corrected chi connectivity index (χ2v) is 5.51. The minimum atomic E-state index is -0.792. The van der Waals surface area contributed by atoms with Crippen LogP contribution in [0.1, 0.15) is 31.2 Å². The second kappa shape index (κ2) is 5.55. The Morgan fingerprint density at radius 1 is 1.56 bits per heavy atom. The molecule has 2 atom stereocenters. The number of hydrogen-bond acceptors (Lipinski definition) is 2. The van der Waals surface area contributed by atoms with Crippen LogP contribution in [0.3, 0.4) is 0 Å². The molecule has 0 radical (unpaired) electrons. The highest BCUT2D eigenvalue weighted by Gasteiger charge is 2.34. The zero-order valence-electron chi connectivity index (χ0n) is 10.5. The van der Waals surface area contributed by atoms with Gasteiger partial charge in [-0.2, -0.15) is 0 Å². The van der Waals surface area contributed by atoms with E-state index in [0.717, 1.165) is 24.8 Å². The van der Waals surface area contributed by atoms with Crippen molar-refractivity contribution in [3.63, 3.8) is 0 Å². The summed E-state index contributed by atoms with van der Waals surface area (Å²) in [7, 11) is 1.67. The van der Waals surface area contributed by atoms with Gasteiger partial charge in [0.25, 0.3) is 0 Å². The molecule has 1 aromatic carbocycles. The van der Waals surface area contributed by atoms with E-state index < -0.39 is 11.4 Å². The van der Waals surface area contributed by atoms with Crippen LogP contribution in [0.25, 0.3) is 0 Å². The number of halogens is 2. The maximum absolute atomic E-state index is 13.4. The molecule has 0 amide bonds. The van der Waals surface area contributed by atoms with Crippen molar-refractivity contribution < 1.29 is 14.2 Å². The van der Waals surface area contributed by atoms with Gasteiger partial charge in [0.1, 0.15) is 5.82 Å². The van der Waals surface area contributed by atoms with Crippen LogP contribution in [-0.2, 0) is 11.2 Å². The molecule has 1 fully saturated rings. The van der Waals surface area contributed by atoms with Crippen molar-refractivity contribution in [2.45, 2.75) is 43.8 Å². The van der Waals surface area contributed by atoms with Gasteiger partial charge < -0.3 is 9.84 Å². The van der Waals surface area contributed by atoms with E-state index in [-0.39, 0.29) is 11.1 Å². The lowest BCUT2D eigenvalue weighted by Gasteiger charge is -2.36. The minimum absolute atomic E-state index is 0.0981. The summed E-state index contributed by atoms with van der Waals surface area (Å²) in [4.78, 5) is 0. The Kier molecular flexibility index (Phi) is 4.25. The molecule has 1 aromatic rings. The summed E-state index contributed by atoms with van der Waals surface area (Å²) in [5.74, 6) is -0.433. The van der Waals surface area contributed by atoms with E-state index >= 15 is 0 Å². The summed E-state index contributed by atoms with van der Waals surface area (Å²) in [6.45, 7) is 0. The van der Waals surface area contributed by atoms with Crippen LogP contribution in [0.2, 0.25) is 5.02 Å². The van der Waals surface area contributed by atoms with E-state index in [0.29, 0.717) is 12.8 Å². The van der Waals surface area contributed by atoms with E-state index in [2.05, 4.69) is 0 Å². The fourth-order valence-electron chi connectivity index (χ4n) is 2.68. The van der Waals surface area contributed by atoms with Gasteiger partial charge in [0, 0.05) is 20.0 Å². The average Bonchev–Trinajstić information content (AvgIpc) is 2.33. The van der Waals surface area contributed by atoms with Gasteiger partial charge in [-0.1, -0.05) is 17.7 Å². The predicted molar refractivity (Wildman–Crippen MR) is 69.3 cm³/mol. The Bertz CT molecular complexity index is 424. The van der Waals surface area contributed by atoms with Crippen molar-refractivity contribution in [2.24, 2.45) is 0 Å². The lowest BCUT2D eigenvalue weighted by atomic mass is 9.79. The maximum Gasteiger partial charge on any atom is 0.142 e. The summed E-state index contributed by atoms with van der Waals surface area (Å²) >= 11 is 5.65. The summed E-state index contributed by atoms with van der Waals surface area (Å²) in [5, 5.41) is 10.7. The Morgan fingerprint density at radius 3 is 3.00 bits per heavy atom. The van der Waals surface area contributed by atoms with Gasteiger partial charge in [-0.25, -0.2) is 4.39 Å². The van der Waals surface area contributed by atoms with Crippen molar-refractivity contribution in [3.05, 3.63) is 34.6 Å². The first-order valence-corrected chi connectivity index (χ1v) is 6.59. The molecule has 1 aliphatic rings. The maximum atomic E-state index is 13.4. The molecule has 0 heterocycles. The molecule has 0 bridgehead atoms. The quantitative estimate of drug-likeness (QED) is 0.914. The Labute approximate surface area is 112 Å². The van der Waals surface area contributed by atoms with Crippen LogP contribution in [0, 0.1) is 5.82 Å². The number of ether oxygens (including phenoxy) is 1. The first kappa shape index (κ1) is 13.8. The summed E-state index contributed by atoms with van der Waals surface area (Å²) < 4.78 is 18.7. The largest absolute Gasteiger partial charge is 0.389 e. The molecule has 2 unspecified atom stereocenters. The Hall–Kier alpha value is -0.640. The van der Waals surface area contributed by atoms with E-state index in [1.165, 1.54) is 12.1 Å². The monoisotopic (exact) mass is 272 g/mol. The fraction of sp³-hybridized carbons (Fsp3) is 0.571. The second-order valence-electron chi connectivity index (χ2n) is 5.10. The number of hydrogen-bond donors (Lipinski definition) is 1. The van der Waals surface area contributed by atoms with E-state index in [1.807, 2.05) is 0 Å². The zero-order valence-corrected chi connectivity index (χ0v) is 11.2. The average molecular weight is 273 g/mol. The molecule has 2 rings (SSSR count).